The molecule has 0 saturated carbocycles. The second-order valence-electron chi connectivity index (χ2n) is 3.81. The number of aromatic carboxylic acids is 1. The number of aromatic nitrogens is 1. The molecule has 96 valence electrons. The number of nitrogens with two attached hydrogens (primary N) is 1. The van der Waals surface area contributed by atoms with Gasteiger partial charge in [-0.15, -0.1) is 0 Å². The summed E-state index contributed by atoms with van der Waals surface area (Å²) in [5.74, 6) is -1.58. The highest BCUT2D eigenvalue weighted by Gasteiger charge is 2.13. The molecule has 19 heavy (non-hydrogen) atoms. The van der Waals surface area contributed by atoms with Crippen LogP contribution in [0, 0.1) is 0 Å². The first-order valence-electron chi connectivity index (χ1n) is 5.42. The summed E-state index contributed by atoms with van der Waals surface area (Å²) in [6, 6.07) is 7.40. The molecule has 4 N–H and O–H groups in total. The molecule has 0 fully saturated rings. The number of amides is 1. The van der Waals surface area contributed by atoms with Crippen LogP contribution >= 0.6 is 0 Å². The Morgan fingerprint density at radius 3 is 2.68 bits per heavy atom. The van der Waals surface area contributed by atoms with Gasteiger partial charge in [-0.2, -0.15) is 0 Å². The van der Waals surface area contributed by atoms with E-state index >= 15 is 0 Å². The predicted molar refractivity (Wildman–Crippen MR) is 70.0 cm³/mol. The molecule has 1 heterocycles. The molecule has 0 aliphatic heterocycles. The Morgan fingerprint density at radius 2 is 2.05 bits per heavy atom. The third-order valence-electron chi connectivity index (χ3n) is 2.45. The van der Waals surface area contributed by atoms with Crippen LogP contribution in [0.3, 0.4) is 0 Å². The number of carbonyl (C=O) groups is 2. The van der Waals surface area contributed by atoms with Crippen molar-refractivity contribution < 1.29 is 14.7 Å². The number of benzene rings is 1. The van der Waals surface area contributed by atoms with Crippen LogP contribution in [-0.2, 0) is 0 Å². The number of hydrogen-bond donors (Lipinski definition) is 3. The summed E-state index contributed by atoms with van der Waals surface area (Å²) >= 11 is 0. The smallest absolute Gasteiger partial charge is 0.337 e. The molecular formula is C13H11N3O3. The van der Waals surface area contributed by atoms with Crippen LogP contribution in [0.1, 0.15) is 20.7 Å². The van der Waals surface area contributed by atoms with Crippen LogP contribution in [0.15, 0.2) is 42.7 Å². The zero-order chi connectivity index (χ0) is 13.8. The van der Waals surface area contributed by atoms with Gasteiger partial charge in [0.15, 0.2) is 0 Å². The summed E-state index contributed by atoms with van der Waals surface area (Å²) in [5.41, 5.74) is 6.42. The van der Waals surface area contributed by atoms with Crippen molar-refractivity contribution in [1.29, 1.82) is 0 Å². The van der Waals surface area contributed by atoms with Gasteiger partial charge in [-0.05, 0) is 30.3 Å². The van der Waals surface area contributed by atoms with Gasteiger partial charge in [-0.3, -0.25) is 9.78 Å². The van der Waals surface area contributed by atoms with E-state index in [9.17, 15) is 9.59 Å². The van der Waals surface area contributed by atoms with E-state index < -0.39 is 11.9 Å². The van der Waals surface area contributed by atoms with Crippen LogP contribution in [0.5, 0.6) is 0 Å². The number of carbonyl (C=O) groups excluding carboxylic acids is 1. The molecule has 1 aromatic carbocycles. The Kier molecular flexibility index (Phi) is 3.42. The molecule has 0 aliphatic carbocycles. The van der Waals surface area contributed by atoms with Crippen molar-refractivity contribution >= 4 is 23.3 Å². The molecule has 6 nitrogen and oxygen atoms in total. The highest BCUT2D eigenvalue weighted by atomic mass is 16.4. The maximum absolute atomic E-state index is 11.9. The van der Waals surface area contributed by atoms with E-state index in [1.807, 2.05) is 0 Å². The lowest BCUT2D eigenvalue weighted by Crippen LogP contribution is -2.15. The Bertz CT molecular complexity index is 626. The molecule has 0 aliphatic rings. The third kappa shape index (κ3) is 2.86. The first kappa shape index (κ1) is 12.6. The topological polar surface area (TPSA) is 105 Å². The fourth-order valence-electron chi connectivity index (χ4n) is 1.54. The summed E-state index contributed by atoms with van der Waals surface area (Å²) in [4.78, 5) is 26.8. The summed E-state index contributed by atoms with van der Waals surface area (Å²) in [6.07, 6.45) is 2.93. The van der Waals surface area contributed by atoms with E-state index in [4.69, 9.17) is 10.8 Å². The Labute approximate surface area is 108 Å². The Hall–Kier alpha value is -2.89. The van der Waals surface area contributed by atoms with E-state index in [1.165, 1.54) is 24.4 Å². The van der Waals surface area contributed by atoms with Gasteiger partial charge in [0.1, 0.15) is 0 Å². The molecule has 6 heteroatoms. The minimum absolute atomic E-state index is 0.0218. The lowest BCUT2D eigenvalue weighted by molar-refractivity contribution is 0.0698. The van der Waals surface area contributed by atoms with Gasteiger partial charge < -0.3 is 16.2 Å². The minimum atomic E-state index is -1.14. The summed E-state index contributed by atoms with van der Waals surface area (Å²) < 4.78 is 0. The molecule has 0 saturated heterocycles. The maximum Gasteiger partial charge on any atom is 0.337 e. The van der Waals surface area contributed by atoms with Crippen LogP contribution in [0.4, 0.5) is 11.4 Å². The van der Waals surface area contributed by atoms with Gasteiger partial charge in [0.05, 0.1) is 16.8 Å². The van der Waals surface area contributed by atoms with Gasteiger partial charge >= 0.3 is 5.97 Å². The Morgan fingerprint density at radius 1 is 1.26 bits per heavy atom. The quantitative estimate of drug-likeness (QED) is 0.724. The molecule has 0 radical (unpaired) electrons. The standard InChI is InChI=1S/C13H11N3O3/c14-9-3-4-10(13(18)19)11(6-9)16-12(17)8-2-1-5-15-7-8/h1-7H,14H2,(H,16,17)(H,18,19). The zero-order valence-corrected chi connectivity index (χ0v) is 9.83. The fraction of sp³-hybridized carbons (Fsp3) is 0. The molecule has 1 amide bonds. The van der Waals surface area contributed by atoms with Crippen LogP contribution in [0.25, 0.3) is 0 Å². The van der Waals surface area contributed by atoms with Crippen molar-refractivity contribution in [1.82, 2.24) is 4.98 Å². The SMILES string of the molecule is Nc1ccc(C(=O)O)c(NC(=O)c2cccnc2)c1. The van der Waals surface area contributed by atoms with Gasteiger partial charge in [0, 0.05) is 18.1 Å². The van der Waals surface area contributed by atoms with E-state index in [1.54, 1.807) is 18.3 Å². The number of nitrogens with one attached hydrogen (secondary N) is 1. The van der Waals surface area contributed by atoms with Crippen molar-refractivity contribution in [2.24, 2.45) is 0 Å². The lowest BCUT2D eigenvalue weighted by atomic mass is 10.1. The second-order valence-corrected chi connectivity index (χ2v) is 3.81. The Balaban J connectivity index is 2.31. The molecule has 0 atom stereocenters. The van der Waals surface area contributed by atoms with Crippen LogP contribution in [0.2, 0.25) is 0 Å². The number of nitrogens with zero attached hydrogens (tertiary/aromatic N) is 1. The van der Waals surface area contributed by atoms with Gasteiger partial charge in [-0.1, -0.05) is 0 Å². The first-order valence-corrected chi connectivity index (χ1v) is 5.42. The van der Waals surface area contributed by atoms with E-state index in [0.717, 1.165) is 0 Å². The molecule has 0 bridgehead atoms. The van der Waals surface area contributed by atoms with Crippen molar-refractivity contribution in [3.05, 3.63) is 53.9 Å². The molecule has 0 spiro atoms. The number of rotatable bonds is 3. The van der Waals surface area contributed by atoms with Gasteiger partial charge in [0.25, 0.3) is 5.91 Å². The average molecular weight is 257 g/mol. The normalized spacial score (nSPS) is 9.89. The minimum Gasteiger partial charge on any atom is -0.478 e. The number of anilines is 2. The van der Waals surface area contributed by atoms with Crippen LogP contribution in [-0.4, -0.2) is 22.0 Å². The molecule has 2 aromatic rings. The second kappa shape index (κ2) is 5.18. The monoisotopic (exact) mass is 257 g/mol. The molecule has 2 rings (SSSR count). The van der Waals surface area contributed by atoms with Gasteiger partial charge in [0.2, 0.25) is 0 Å². The third-order valence-corrected chi connectivity index (χ3v) is 2.45. The highest BCUT2D eigenvalue weighted by Crippen LogP contribution is 2.20. The molecule has 0 unspecified atom stereocenters. The molecule has 1 aromatic heterocycles. The number of hydrogen-bond acceptors (Lipinski definition) is 4. The van der Waals surface area contributed by atoms with E-state index in [-0.39, 0.29) is 11.3 Å². The number of nitrogen functional groups attached to an aromatic ring is 1. The summed E-state index contributed by atoms with van der Waals surface area (Å²) in [6.45, 7) is 0. The van der Waals surface area contributed by atoms with E-state index in [0.29, 0.717) is 11.3 Å². The van der Waals surface area contributed by atoms with E-state index in [2.05, 4.69) is 10.3 Å². The molecular weight excluding hydrogens is 246 g/mol. The average Bonchev–Trinajstić information content (AvgIpc) is 2.39. The number of carboxylic acid groups (broad SMARTS) is 1. The number of carboxylic acids is 1. The van der Waals surface area contributed by atoms with Crippen molar-refractivity contribution in [2.75, 3.05) is 11.1 Å². The van der Waals surface area contributed by atoms with Crippen molar-refractivity contribution in [2.45, 2.75) is 0 Å². The largest absolute Gasteiger partial charge is 0.478 e. The highest BCUT2D eigenvalue weighted by molar-refractivity contribution is 6.07. The van der Waals surface area contributed by atoms with Gasteiger partial charge in [-0.25, -0.2) is 4.79 Å². The van der Waals surface area contributed by atoms with Crippen LogP contribution < -0.4 is 11.1 Å². The summed E-state index contributed by atoms with van der Waals surface area (Å²) in [7, 11) is 0. The predicted octanol–water partition coefficient (Wildman–Crippen LogP) is 1.61. The fourth-order valence-corrected chi connectivity index (χ4v) is 1.54. The summed E-state index contributed by atoms with van der Waals surface area (Å²) in [5, 5.41) is 11.5. The maximum atomic E-state index is 11.9. The first-order chi connectivity index (χ1) is 9.08. The van der Waals surface area contributed by atoms with Crippen molar-refractivity contribution in [3.8, 4) is 0 Å². The number of pyridine rings is 1. The van der Waals surface area contributed by atoms with Crippen molar-refractivity contribution in [3.63, 3.8) is 0 Å². The zero-order valence-electron chi connectivity index (χ0n) is 9.83. The lowest BCUT2D eigenvalue weighted by Gasteiger charge is -2.09.